The molecular formula is C14H21Cl3N2OS. The van der Waals surface area contributed by atoms with Crippen molar-refractivity contribution in [3.8, 4) is 0 Å². The number of thiophene rings is 1. The number of amides is 1. The van der Waals surface area contributed by atoms with Gasteiger partial charge in [-0.15, -0.1) is 23.7 Å². The van der Waals surface area contributed by atoms with Crippen LogP contribution in [-0.2, 0) is 11.2 Å². The minimum absolute atomic E-state index is 0. The summed E-state index contributed by atoms with van der Waals surface area (Å²) in [5.41, 5.74) is 6.79. The summed E-state index contributed by atoms with van der Waals surface area (Å²) in [6.07, 6.45) is 5.46. The SMILES string of the molecule is Cl.NCC1CCCCN1C(=O)CCCc1cc(Cl)sc1Cl. The van der Waals surface area contributed by atoms with Crippen molar-refractivity contribution < 1.29 is 4.79 Å². The van der Waals surface area contributed by atoms with Crippen molar-refractivity contribution in [1.29, 1.82) is 0 Å². The summed E-state index contributed by atoms with van der Waals surface area (Å²) >= 11 is 13.4. The summed E-state index contributed by atoms with van der Waals surface area (Å²) in [6.45, 7) is 1.42. The predicted octanol–water partition coefficient (Wildman–Crippen LogP) is 4.14. The second kappa shape index (κ2) is 9.21. The summed E-state index contributed by atoms with van der Waals surface area (Å²) in [4.78, 5) is 14.2. The Morgan fingerprint density at radius 1 is 1.43 bits per heavy atom. The highest BCUT2D eigenvalue weighted by Crippen LogP contribution is 2.32. The molecule has 120 valence electrons. The molecule has 0 bridgehead atoms. The second-order valence-corrected chi connectivity index (χ2v) is 7.46. The van der Waals surface area contributed by atoms with Crippen LogP contribution in [0.25, 0.3) is 0 Å². The zero-order valence-corrected chi connectivity index (χ0v) is 15.0. The van der Waals surface area contributed by atoms with E-state index >= 15 is 0 Å². The number of hydrogen-bond acceptors (Lipinski definition) is 3. The van der Waals surface area contributed by atoms with E-state index in [0.29, 0.717) is 17.3 Å². The van der Waals surface area contributed by atoms with Crippen molar-refractivity contribution in [2.75, 3.05) is 13.1 Å². The number of halogens is 3. The number of nitrogens with zero attached hydrogens (tertiary/aromatic N) is 1. The summed E-state index contributed by atoms with van der Waals surface area (Å²) in [5, 5.41) is 0. The lowest BCUT2D eigenvalue weighted by Crippen LogP contribution is -2.47. The fraction of sp³-hybridized carbons (Fsp3) is 0.643. The molecule has 1 amide bonds. The van der Waals surface area contributed by atoms with Gasteiger partial charge in [0.05, 0.1) is 8.67 Å². The molecule has 1 fully saturated rings. The van der Waals surface area contributed by atoms with E-state index in [2.05, 4.69) is 0 Å². The number of carbonyl (C=O) groups excluding carboxylic acids is 1. The third-order valence-electron chi connectivity index (χ3n) is 3.78. The maximum absolute atomic E-state index is 12.3. The molecule has 2 heterocycles. The van der Waals surface area contributed by atoms with Gasteiger partial charge in [0.1, 0.15) is 0 Å². The molecule has 0 spiro atoms. The first-order valence-corrected chi connectivity index (χ1v) is 8.62. The van der Waals surface area contributed by atoms with Gasteiger partial charge >= 0.3 is 0 Å². The van der Waals surface area contributed by atoms with Crippen molar-refractivity contribution in [1.82, 2.24) is 4.90 Å². The van der Waals surface area contributed by atoms with Crippen molar-refractivity contribution in [2.45, 2.75) is 44.6 Å². The molecule has 21 heavy (non-hydrogen) atoms. The van der Waals surface area contributed by atoms with Crippen LogP contribution in [-0.4, -0.2) is 29.9 Å². The molecule has 1 aromatic rings. The van der Waals surface area contributed by atoms with Crippen LogP contribution < -0.4 is 5.73 Å². The summed E-state index contributed by atoms with van der Waals surface area (Å²) in [5.74, 6) is 0.220. The first-order valence-electron chi connectivity index (χ1n) is 7.05. The molecule has 2 N–H and O–H groups in total. The van der Waals surface area contributed by atoms with Crippen LogP contribution >= 0.6 is 46.9 Å². The number of hydrogen-bond donors (Lipinski definition) is 1. The fourth-order valence-electron chi connectivity index (χ4n) is 2.69. The van der Waals surface area contributed by atoms with E-state index in [1.165, 1.54) is 17.8 Å². The van der Waals surface area contributed by atoms with Gasteiger partial charge in [0.2, 0.25) is 5.91 Å². The van der Waals surface area contributed by atoms with Gasteiger partial charge in [0.15, 0.2) is 0 Å². The van der Waals surface area contributed by atoms with Crippen molar-refractivity contribution in [2.24, 2.45) is 5.73 Å². The van der Waals surface area contributed by atoms with Crippen LogP contribution in [0.4, 0.5) is 0 Å². The molecule has 0 saturated carbocycles. The number of nitrogens with two attached hydrogens (primary N) is 1. The van der Waals surface area contributed by atoms with E-state index < -0.39 is 0 Å². The number of carbonyl (C=O) groups is 1. The largest absolute Gasteiger partial charge is 0.338 e. The van der Waals surface area contributed by atoms with E-state index in [4.69, 9.17) is 28.9 Å². The van der Waals surface area contributed by atoms with Crippen LogP contribution in [0.5, 0.6) is 0 Å². The Labute approximate surface area is 146 Å². The maximum Gasteiger partial charge on any atom is 0.222 e. The zero-order chi connectivity index (χ0) is 14.5. The molecule has 0 radical (unpaired) electrons. The third kappa shape index (κ3) is 5.29. The Bertz CT molecular complexity index is 467. The van der Waals surface area contributed by atoms with Gasteiger partial charge in [-0.25, -0.2) is 0 Å². The Morgan fingerprint density at radius 3 is 2.81 bits per heavy atom. The Hall–Kier alpha value is -0.0000000000000000555. The van der Waals surface area contributed by atoms with Crippen LogP contribution in [0, 0.1) is 0 Å². The van der Waals surface area contributed by atoms with Crippen LogP contribution in [0.2, 0.25) is 8.67 Å². The van der Waals surface area contributed by atoms with E-state index in [0.717, 1.165) is 42.1 Å². The smallest absolute Gasteiger partial charge is 0.222 e. The molecule has 1 unspecified atom stereocenters. The predicted molar refractivity (Wildman–Crippen MR) is 92.9 cm³/mol. The quantitative estimate of drug-likeness (QED) is 0.845. The Kier molecular flexibility index (Phi) is 8.35. The highest BCUT2D eigenvalue weighted by atomic mass is 35.5. The molecule has 2 rings (SSSR count). The lowest BCUT2D eigenvalue weighted by atomic mass is 10.0. The van der Waals surface area contributed by atoms with Crippen molar-refractivity contribution >= 4 is 52.9 Å². The normalized spacial score (nSPS) is 18.4. The van der Waals surface area contributed by atoms with Crippen LogP contribution in [0.15, 0.2) is 6.07 Å². The molecular weight excluding hydrogens is 351 g/mol. The molecule has 7 heteroatoms. The monoisotopic (exact) mass is 370 g/mol. The molecule has 0 aromatic carbocycles. The lowest BCUT2D eigenvalue weighted by molar-refractivity contribution is -0.134. The first-order chi connectivity index (χ1) is 9.61. The third-order valence-corrected chi connectivity index (χ3v) is 5.35. The highest BCUT2D eigenvalue weighted by Gasteiger charge is 2.24. The van der Waals surface area contributed by atoms with Gasteiger partial charge in [0, 0.05) is 25.6 Å². The number of rotatable bonds is 5. The maximum atomic E-state index is 12.3. The standard InChI is InChI=1S/C14H20Cl2N2OS.ClH/c15-12-8-10(14(16)20-12)4-3-6-13(19)18-7-2-1-5-11(18)9-17;/h8,11H,1-7,9,17H2;1H. The van der Waals surface area contributed by atoms with Crippen molar-refractivity contribution in [3.05, 3.63) is 20.3 Å². The fourth-order valence-corrected chi connectivity index (χ4v) is 4.24. The van der Waals surface area contributed by atoms with E-state index in [-0.39, 0.29) is 24.4 Å². The van der Waals surface area contributed by atoms with Gasteiger partial charge < -0.3 is 10.6 Å². The summed E-state index contributed by atoms with van der Waals surface area (Å²) < 4.78 is 1.44. The highest BCUT2D eigenvalue weighted by molar-refractivity contribution is 7.20. The molecule has 0 aliphatic carbocycles. The summed E-state index contributed by atoms with van der Waals surface area (Å²) in [7, 11) is 0. The number of piperidine rings is 1. The molecule has 1 saturated heterocycles. The van der Waals surface area contributed by atoms with Gasteiger partial charge in [-0.2, -0.15) is 0 Å². The minimum Gasteiger partial charge on any atom is -0.338 e. The topological polar surface area (TPSA) is 46.3 Å². The van der Waals surface area contributed by atoms with Crippen molar-refractivity contribution in [3.63, 3.8) is 0 Å². The molecule has 1 atom stereocenters. The summed E-state index contributed by atoms with van der Waals surface area (Å²) in [6, 6.07) is 2.12. The van der Waals surface area contributed by atoms with Gasteiger partial charge in [0.25, 0.3) is 0 Å². The molecule has 1 aromatic heterocycles. The van der Waals surface area contributed by atoms with Crippen LogP contribution in [0.1, 0.15) is 37.7 Å². The van der Waals surface area contributed by atoms with Gasteiger partial charge in [-0.3, -0.25) is 4.79 Å². The minimum atomic E-state index is 0. The number of aryl methyl sites for hydroxylation is 1. The van der Waals surface area contributed by atoms with Crippen LogP contribution in [0.3, 0.4) is 0 Å². The zero-order valence-electron chi connectivity index (χ0n) is 11.8. The van der Waals surface area contributed by atoms with E-state index in [1.807, 2.05) is 11.0 Å². The lowest BCUT2D eigenvalue weighted by Gasteiger charge is -2.35. The van der Waals surface area contributed by atoms with E-state index in [9.17, 15) is 4.79 Å². The Balaban J connectivity index is 0.00000220. The molecule has 1 aliphatic rings. The molecule has 1 aliphatic heterocycles. The molecule has 3 nitrogen and oxygen atoms in total. The number of likely N-dealkylation sites (tertiary alicyclic amines) is 1. The van der Waals surface area contributed by atoms with Gasteiger partial charge in [-0.05, 0) is 43.7 Å². The first kappa shape index (κ1) is 19.0. The average Bonchev–Trinajstić information content (AvgIpc) is 2.77. The second-order valence-electron chi connectivity index (χ2n) is 5.18. The average molecular weight is 372 g/mol. The Morgan fingerprint density at radius 2 is 2.19 bits per heavy atom. The van der Waals surface area contributed by atoms with Gasteiger partial charge in [-0.1, -0.05) is 23.2 Å². The van der Waals surface area contributed by atoms with E-state index in [1.54, 1.807) is 0 Å².